The molecule has 2 rings (SSSR count). The third-order valence-electron chi connectivity index (χ3n) is 2.23. The Hall–Kier alpha value is -2.39. The number of aryl methyl sites for hydroxylation is 1. The van der Waals surface area contributed by atoms with Gasteiger partial charge in [0.1, 0.15) is 17.5 Å². The number of nitrogens with zero attached hydrogens (tertiary/aromatic N) is 3. The summed E-state index contributed by atoms with van der Waals surface area (Å²) in [5, 5.41) is 17.8. The van der Waals surface area contributed by atoms with Crippen molar-refractivity contribution in [3.8, 4) is 6.07 Å². The molecule has 0 aliphatic rings. The van der Waals surface area contributed by atoms with E-state index in [4.69, 9.17) is 16.9 Å². The fourth-order valence-corrected chi connectivity index (χ4v) is 1.63. The number of nitrogens with one attached hydrogen (secondary N) is 2. The molecule has 0 aliphatic carbocycles. The zero-order chi connectivity index (χ0) is 13.1. The summed E-state index contributed by atoms with van der Waals surface area (Å²) in [6.45, 7) is 1.77. The number of H-pyrrole nitrogens is 1. The molecule has 90 valence electrons. The van der Waals surface area contributed by atoms with Gasteiger partial charge in [0.05, 0.1) is 16.8 Å². The van der Waals surface area contributed by atoms with Crippen LogP contribution in [0.3, 0.4) is 0 Å². The second-order valence-electron chi connectivity index (χ2n) is 3.53. The lowest BCUT2D eigenvalue weighted by molar-refractivity contribution is 0.102. The number of rotatable bonds is 2. The van der Waals surface area contributed by atoms with Crippen molar-refractivity contribution in [1.82, 2.24) is 15.2 Å². The molecule has 7 heteroatoms. The molecule has 0 radical (unpaired) electrons. The topological polar surface area (TPSA) is 94.5 Å². The monoisotopic (exact) mass is 261 g/mol. The SMILES string of the molecule is Cc1cc(Cl)c(C(=O)Nc2[nH]ncc2C#N)cn1. The number of halogens is 1. The van der Waals surface area contributed by atoms with Crippen molar-refractivity contribution in [2.45, 2.75) is 6.92 Å². The van der Waals surface area contributed by atoms with E-state index < -0.39 is 5.91 Å². The van der Waals surface area contributed by atoms with Crippen LogP contribution in [0.4, 0.5) is 5.82 Å². The smallest absolute Gasteiger partial charge is 0.259 e. The minimum Gasteiger partial charge on any atom is -0.306 e. The molecular weight excluding hydrogens is 254 g/mol. The molecule has 0 unspecified atom stereocenters. The number of carbonyl (C=O) groups is 1. The Morgan fingerprint density at radius 3 is 3.00 bits per heavy atom. The van der Waals surface area contributed by atoms with Gasteiger partial charge >= 0.3 is 0 Å². The van der Waals surface area contributed by atoms with Crippen LogP contribution in [0.25, 0.3) is 0 Å². The van der Waals surface area contributed by atoms with Gasteiger partial charge in [-0.2, -0.15) is 10.4 Å². The van der Waals surface area contributed by atoms with E-state index in [1.807, 2.05) is 6.07 Å². The third-order valence-corrected chi connectivity index (χ3v) is 2.55. The van der Waals surface area contributed by atoms with Crippen LogP contribution in [-0.4, -0.2) is 21.1 Å². The predicted molar refractivity (Wildman–Crippen MR) is 65.2 cm³/mol. The fourth-order valence-electron chi connectivity index (χ4n) is 1.34. The molecule has 2 aromatic heterocycles. The Morgan fingerprint density at radius 2 is 2.33 bits per heavy atom. The molecule has 0 aliphatic heterocycles. The molecule has 2 aromatic rings. The van der Waals surface area contributed by atoms with Gasteiger partial charge in [-0.1, -0.05) is 11.6 Å². The number of hydrogen-bond acceptors (Lipinski definition) is 4. The summed E-state index contributed by atoms with van der Waals surface area (Å²) in [6.07, 6.45) is 2.71. The highest BCUT2D eigenvalue weighted by Crippen LogP contribution is 2.18. The molecule has 0 aromatic carbocycles. The van der Waals surface area contributed by atoms with E-state index in [9.17, 15) is 4.79 Å². The predicted octanol–water partition coefficient (Wildman–Crippen LogP) is 1.89. The van der Waals surface area contributed by atoms with Crippen LogP contribution in [0.2, 0.25) is 5.02 Å². The maximum atomic E-state index is 11.9. The first-order valence-electron chi connectivity index (χ1n) is 4.99. The van der Waals surface area contributed by atoms with E-state index in [-0.39, 0.29) is 16.9 Å². The number of amides is 1. The summed E-state index contributed by atoms with van der Waals surface area (Å²) >= 11 is 5.95. The van der Waals surface area contributed by atoms with E-state index in [0.29, 0.717) is 5.02 Å². The molecule has 0 fully saturated rings. The summed E-state index contributed by atoms with van der Waals surface area (Å²) in [4.78, 5) is 15.9. The lowest BCUT2D eigenvalue weighted by atomic mass is 10.2. The highest BCUT2D eigenvalue weighted by atomic mass is 35.5. The molecule has 18 heavy (non-hydrogen) atoms. The zero-order valence-corrected chi connectivity index (χ0v) is 10.1. The van der Waals surface area contributed by atoms with Crippen LogP contribution >= 0.6 is 11.6 Å². The van der Waals surface area contributed by atoms with Crippen LogP contribution in [0, 0.1) is 18.3 Å². The molecule has 2 N–H and O–H groups in total. The van der Waals surface area contributed by atoms with E-state index in [1.165, 1.54) is 12.4 Å². The normalized spacial score (nSPS) is 9.83. The summed E-state index contributed by atoms with van der Waals surface area (Å²) in [5.74, 6) is -0.215. The van der Waals surface area contributed by atoms with Crippen molar-refractivity contribution in [3.05, 3.63) is 40.3 Å². The minimum atomic E-state index is -0.451. The number of nitriles is 1. The van der Waals surface area contributed by atoms with Crippen LogP contribution < -0.4 is 5.32 Å². The van der Waals surface area contributed by atoms with Crippen molar-refractivity contribution in [2.24, 2.45) is 0 Å². The Labute approximate surface area is 108 Å². The Kier molecular flexibility index (Phi) is 3.26. The fraction of sp³-hybridized carbons (Fsp3) is 0.0909. The molecular formula is C11H8ClN5O. The van der Waals surface area contributed by atoms with Crippen molar-refractivity contribution in [2.75, 3.05) is 5.32 Å². The quantitative estimate of drug-likeness (QED) is 0.863. The van der Waals surface area contributed by atoms with Gasteiger partial charge in [-0.25, -0.2) is 0 Å². The van der Waals surface area contributed by atoms with Crippen LogP contribution in [-0.2, 0) is 0 Å². The van der Waals surface area contributed by atoms with Crippen LogP contribution in [0.1, 0.15) is 21.6 Å². The average molecular weight is 262 g/mol. The molecule has 0 atom stereocenters. The van der Waals surface area contributed by atoms with Gasteiger partial charge in [-0.15, -0.1) is 0 Å². The Bertz CT molecular complexity index is 643. The van der Waals surface area contributed by atoms with Gasteiger partial charge < -0.3 is 5.32 Å². The first kappa shape index (κ1) is 12.1. The first-order valence-corrected chi connectivity index (χ1v) is 5.36. The Morgan fingerprint density at radius 1 is 1.56 bits per heavy atom. The number of pyridine rings is 1. The highest BCUT2D eigenvalue weighted by molar-refractivity contribution is 6.34. The summed E-state index contributed by atoms with van der Waals surface area (Å²) in [6, 6.07) is 3.49. The molecule has 0 saturated carbocycles. The maximum Gasteiger partial charge on any atom is 0.259 e. The number of aromatic amines is 1. The summed E-state index contributed by atoms with van der Waals surface area (Å²) in [7, 11) is 0. The third kappa shape index (κ3) is 2.31. The molecule has 1 amide bonds. The number of carbonyl (C=O) groups excluding carboxylic acids is 1. The van der Waals surface area contributed by atoms with E-state index in [1.54, 1.807) is 13.0 Å². The second-order valence-corrected chi connectivity index (χ2v) is 3.94. The van der Waals surface area contributed by atoms with Crippen molar-refractivity contribution >= 4 is 23.3 Å². The maximum absolute atomic E-state index is 11.9. The van der Waals surface area contributed by atoms with E-state index in [2.05, 4.69) is 20.5 Å². The second kappa shape index (κ2) is 4.85. The first-order chi connectivity index (χ1) is 8.61. The van der Waals surface area contributed by atoms with Crippen LogP contribution in [0.15, 0.2) is 18.5 Å². The van der Waals surface area contributed by atoms with Gasteiger partial charge in [0.25, 0.3) is 5.91 Å². The number of aromatic nitrogens is 3. The lowest BCUT2D eigenvalue weighted by Gasteiger charge is -2.05. The average Bonchev–Trinajstić information content (AvgIpc) is 2.76. The summed E-state index contributed by atoms with van der Waals surface area (Å²) < 4.78 is 0. The van der Waals surface area contributed by atoms with Crippen molar-refractivity contribution in [1.29, 1.82) is 5.26 Å². The van der Waals surface area contributed by atoms with Crippen molar-refractivity contribution in [3.63, 3.8) is 0 Å². The number of hydrogen-bond donors (Lipinski definition) is 2. The van der Waals surface area contributed by atoms with Gasteiger partial charge in [0.15, 0.2) is 0 Å². The van der Waals surface area contributed by atoms with Gasteiger partial charge in [-0.3, -0.25) is 14.9 Å². The molecule has 2 heterocycles. The Balaban J connectivity index is 2.25. The largest absolute Gasteiger partial charge is 0.306 e. The molecule has 0 spiro atoms. The van der Waals surface area contributed by atoms with E-state index >= 15 is 0 Å². The van der Waals surface area contributed by atoms with E-state index in [0.717, 1.165) is 5.69 Å². The van der Waals surface area contributed by atoms with Gasteiger partial charge in [0, 0.05) is 11.9 Å². The number of anilines is 1. The van der Waals surface area contributed by atoms with Gasteiger partial charge in [-0.05, 0) is 13.0 Å². The molecule has 0 saturated heterocycles. The molecule has 6 nitrogen and oxygen atoms in total. The van der Waals surface area contributed by atoms with Crippen LogP contribution in [0.5, 0.6) is 0 Å². The lowest BCUT2D eigenvalue weighted by Crippen LogP contribution is -2.14. The highest BCUT2D eigenvalue weighted by Gasteiger charge is 2.14. The van der Waals surface area contributed by atoms with Crippen molar-refractivity contribution < 1.29 is 4.79 Å². The summed E-state index contributed by atoms with van der Waals surface area (Å²) in [5.41, 5.74) is 1.20. The van der Waals surface area contributed by atoms with Gasteiger partial charge in [0.2, 0.25) is 0 Å². The minimum absolute atomic E-state index is 0.235. The molecule has 0 bridgehead atoms. The standard InChI is InChI=1S/C11H8ClN5O/c1-6-2-9(12)8(5-14-6)11(18)16-10-7(3-13)4-15-17-10/h2,4-5H,1H3,(H2,15,16,17,18). The zero-order valence-electron chi connectivity index (χ0n) is 9.36.